The van der Waals surface area contributed by atoms with Crippen molar-refractivity contribution in [3.63, 3.8) is 0 Å². The molecule has 6 unspecified atom stereocenters. The first-order valence-corrected chi connectivity index (χ1v) is 15.3. The van der Waals surface area contributed by atoms with E-state index >= 15 is 0 Å². The Kier molecular flexibility index (Phi) is 6.92. The molecule has 2 aromatic rings. The van der Waals surface area contributed by atoms with Gasteiger partial charge >= 0.3 is 0 Å². The number of rotatable bonds is 7. The number of fused-ring (bicyclic) bond motifs is 6. The highest BCUT2D eigenvalue weighted by molar-refractivity contribution is 7.99. The molecule has 0 saturated heterocycles. The molecule has 8 heteroatoms. The van der Waals surface area contributed by atoms with Crippen LogP contribution in [0.4, 0.5) is 0 Å². The van der Waals surface area contributed by atoms with Crippen LogP contribution in [0, 0.1) is 34.5 Å². The summed E-state index contributed by atoms with van der Waals surface area (Å²) >= 11 is 1.32. The quantitative estimate of drug-likeness (QED) is 0.334. The second-order valence-corrected chi connectivity index (χ2v) is 13.9. The Labute approximate surface area is 239 Å². The largest absolute Gasteiger partial charge is 0.431 e. The van der Waals surface area contributed by atoms with Crippen LogP contribution < -0.4 is 0 Å². The fraction of sp³-hybridized carbons (Fsp3) is 0.594. The van der Waals surface area contributed by atoms with Crippen molar-refractivity contribution in [1.82, 2.24) is 4.98 Å². The van der Waals surface area contributed by atoms with E-state index < -0.39 is 23.2 Å². The molecule has 0 bridgehead atoms. The van der Waals surface area contributed by atoms with E-state index in [1.807, 2.05) is 44.2 Å². The number of methoxy groups -OCH3 is 1. The van der Waals surface area contributed by atoms with Crippen LogP contribution in [-0.4, -0.2) is 52.5 Å². The van der Waals surface area contributed by atoms with E-state index in [1.165, 1.54) is 11.8 Å². The summed E-state index contributed by atoms with van der Waals surface area (Å²) < 4.78 is 18.1. The van der Waals surface area contributed by atoms with Crippen molar-refractivity contribution in [2.24, 2.45) is 34.5 Å². The van der Waals surface area contributed by atoms with Gasteiger partial charge in [-0.3, -0.25) is 9.59 Å². The number of Topliss-reactive ketones (excluding diaryl/α,β-unsaturated/α-hetero) is 1. The summed E-state index contributed by atoms with van der Waals surface area (Å²) in [4.78, 5) is 30.8. The molecule has 0 radical (unpaired) electrons. The molecule has 1 aromatic heterocycles. The molecule has 1 aromatic carbocycles. The standard InChI is InChI=1S/C32H39NO6S/c1-30(2,37-5)39-26-15-21-20-11-10-18-14-19(34)12-13-31(18,3)27(20)23(35)16-32(21,4)28(26)24(36)17-40-29-33-22-8-6-7-9-25(22)38-29/h6-9,12-14,20-21,23,26-28,35H,10-11,15-17H2,1-5H3/t20?,21?,23-,26+,27?,28?,31?,32?/m0/s1. The van der Waals surface area contributed by atoms with Crippen molar-refractivity contribution in [2.45, 2.75) is 76.6 Å². The fourth-order valence-electron chi connectivity index (χ4n) is 8.56. The highest BCUT2D eigenvalue weighted by atomic mass is 32.2. The van der Waals surface area contributed by atoms with E-state index in [9.17, 15) is 14.7 Å². The first-order chi connectivity index (χ1) is 18.9. The van der Waals surface area contributed by atoms with Gasteiger partial charge in [-0.1, -0.05) is 49.4 Å². The van der Waals surface area contributed by atoms with Crippen LogP contribution in [0.3, 0.4) is 0 Å². The SMILES string of the molecule is COC(C)(C)O[C@@H]1CC2C3CCC4=CC(=O)C=CC4(C)C3[C@@H](O)CC2(C)C1C(=O)CSc1nc2ccccc2o1. The van der Waals surface area contributed by atoms with Crippen molar-refractivity contribution in [2.75, 3.05) is 12.9 Å². The van der Waals surface area contributed by atoms with E-state index in [4.69, 9.17) is 13.9 Å². The third-order valence-corrected chi connectivity index (χ3v) is 11.2. The molecule has 1 N–H and O–H groups in total. The van der Waals surface area contributed by atoms with Gasteiger partial charge in [-0.05, 0) is 81.1 Å². The van der Waals surface area contributed by atoms with Gasteiger partial charge in [0.15, 0.2) is 17.2 Å². The summed E-state index contributed by atoms with van der Waals surface area (Å²) in [6, 6.07) is 7.58. The van der Waals surface area contributed by atoms with E-state index in [1.54, 1.807) is 19.3 Å². The maximum Gasteiger partial charge on any atom is 0.257 e. The number of oxazole rings is 1. The van der Waals surface area contributed by atoms with Gasteiger partial charge in [0.05, 0.1) is 23.9 Å². The van der Waals surface area contributed by atoms with Gasteiger partial charge in [0, 0.05) is 18.4 Å². The zero-order chi connectivity index (χ0) is 28.4. The molecule has 8 atom stereocenters. The Hall–Kier alpha value is -2.26. The summed E-state index contributed by atoms with van der Waals surface area (Å²) in [7, 11) is 1.62. The van der Waals surface area contributed by atoms with Crippen molar-refractivity contribution in [1.29, 1.82) is 0 Å². The lowest BCUT2D eigenvalue weighted by Crippen LogP contribution is -2.56. The maximum atomic E-state index is 14.1. The van der Waals surface area contributed by atoms with Gasteiger partial charge in [0.25, 0.3) is 5.22 Å². The smallest absolute Gasteiger partial charge is 0.257 e. The molecule has 0 amide bonds. The summed E-state index contributed by atoms with van der Waals surface area (Å²) in [5, 5.41) is 12.3. The number of carbonyl (C=O) groups excluding carboxylic acids is 2. The number of carbonyl (C=O) groups is 2. The van der Waals surface area contributed by atoms with E-state index in [2.05, 4.69) is 18.8 Å². The summed E-state index contributed by atoms with van der Waals surface area (Å²) in [5.41, 5.74) is 1.81. The molecular weight excluding hydrogens is 526 g/mol. The number of benzene rings is 1. The molecule has 1 heterocycles. The highest BCUT2D eigenvalue weighted by Crippen LogP contribution is 2.66. The number of hydrogen-bond donors (Lipinski definition) is 1. The van der Waals surface area contributed by atoms with Crippen molar-refractivity contribution in [3.8, 4) is 0 Å². The number of nitrogens with zero attached hydrogens (tertiary/aromatic N) is 1. The maximum absolute atomic E-state index is 14.1. The van der Waals surface area contributed by atoms with Crippen LogP contribution in [0.15, 0.2) is 57.7 Å². The molecule has 3 fully saturated rings. The Bertz CT molecular complexity index is 1360. The number of aromatic nitrogens is 1. The van der Waals surface area contributed by atoms with E-state index in [-0.39, 0.29) is 46.6 Å². The lowest BCUT2D eigenvalue weighted by atomic mass is 9.46. The lowest BCUT2D eigenvalue weighted by molar-refractivity contribution is -0.231. The lowest BCUT2D eigenvalue weighted by Gasteiger charge is -2.58. The van der Waals surface area contributed by atoms with Gasteiger partial charge in [0.2, 0.25) is 0 Å². The van der Waals surface area contributed by atoms with Gasteiger partial charge in [-0.2, -0.15) is 0 Å². The van der Waals surface area contributed by atoms with Crippen molar-refractivity contribution < 1.29 is 28.6 Å². The van der Waals surface area contributed by atoms with Gasteiger partial charge in [0.1, 0.15) is 11.3 Å². The number of para-hydroxylation sites is 2. The zero-order valence-electron chi connectivity index (χ0n) is 23.9. The number of ether oxygens (including phenoxy) is 2. The average molecular weight is 566 g/mol. The second-order valence-electron chi connectivity index (χ2n) is 13.0. The minimum Gasteiger partial charge on any atom is -0.431 e. The Balaban J connectivity index is 1.30. The van der Waals surface area contributed by atoms with Crippen LogP contribution in [0.2, 0.25) is 0 Å². The Morgan fingerprint density at radius 1 is 1.27 bits per heavy atom. The van der Waals surface area contributed by atoms with Crippen LogP contribution >= 0.6 is 11.8 Å². The average Bonchev–Trinajstić information content (AvgIpc) is 3.44. The molecule has 7 nitrogen and oxygen atoms in total. The molecule has 214 valence electrons. The number of aliphatic hydroxyl groups is 1. The molecule has 6 rings (SSSR count). The minimum absolute atomic E-state index is 0.00557. The Morgan fingerprint density at radius 2 is 2.05 bits per heavy atom. The first-order valence-electron chi connectivity index (χ1n) is 14.3. The first kappa shape index (κ1) is 27.9. The monoisotopic (exact) mass is 565 g/mol. The summed E-state index contributed by atoms with van der Waals surface area (Å²) in [6.45, 7) is 8.11. The van der Waals surface area contributed by atoms with Crippen LogP contribution in [-0.2, 0) is 19.1 Å². The zero-order valence-corrected chi connectivity index (χ0v) is 24.7. The number of ketones is 2. The Morgan fingerprint density at radius 3 is 2.80 bits per heavy atom. The molecule has 0 spiro atoms. The topological polar surface area (TPSA) is 98.9 Å². The molecule has 0 aliphatic heterocycles. The summed E-state index contributed by atoms with van der Waals surface area (Å²) in [5.74, 6) is -0.503. The van der Waals surface area contributed by atoms with Crippen LogP contribution in [0.25, 0.3) is 11.1 Å². The number of hydrogen-bond acceptors (Lipinski definition) is 8. The highest BCUT2D eigenvalue weighted by Gasteiger charge is 2.65. The van der Waals surface area contributed by atoms with Crippen LogP contribution in [0.1, 0.15) is 53.4 Å². The fourth-order valence-corrected chi connectivity index (χ4v) is 9.31. The third kappa shape index (κ3) is 4.52. The molecule has 3 saturated carbocycles. The van der Waals surface area contributed by atoms with Gasteiger partial charge < -0.3 is 19.0 Å². The number of allylic oxidation sites excluding steroid dienone is 4. The molecule has 40 heavy (non-hydrogen) atoms. The van der Waals surface area contributed by atoms with Gasteiger partial charge in [-0.15, -0.1) is 0 Å². The number of aliphatic hydroxyl groups excluding tert-OH is 1. The molecule has 4 aliphatic rings. The molecule has 4 aliphatic carbocycles. The van der Waals surface area contributed by atoms with Crippen molar-refractivity contribution in [3.05, 3.63) is 48.1 Å². The third-order valence-electron chi connectivity index (χ3n) is 10.4. The molecular formula is C32H39NO6S. The predicted octanol–water partition coefficient (Wildman–Crippen LogP) is 5.76. The summed E-state index contributed by atoms with van der Waals surface area (Å²) in [6.07, 6.45) is 7.49. The van der Waals surface area contributed by atoms with Crippen LogP contribution in [0.5, 0.6) is 0 Å². The van der Waals surface area contributed by atoms with Crippen molar-refractivity contribution >= 4 is 34.4 Å². The predicted molar refractivity (Wildman–Crippen MR) is 153 cm³/mol. The van der Waals surface area contributed by atoms with Gasteiger partial charge in [-0.25, -0.2) is 4.98 Å². The number of thioether (sulfide) groups is 1. The van der Waals surface area contributed by atoms with E-state index in [0.29, 0.717) is 17.2 Å². The van der Waals surface area contributed by atoms with E-state index in [0.717, 1.165) is 30.4 Å². The normalized spacial score (nSPS) is 37.1. The minimum atomic E-state index is -0.848. The second kappa shape index (κ2) is 9.93.